The summed E-state index contributed by atoms with van der Waals surface area (Å²) in [4.78, 5) is 30.5. The van der Waals surface area contributed by atoms with Gasteiger partial charge in [0, 0.05) is 51.0 Å². The Labute approximate surface area is 238 Å². The monoisotopic (exact) mass is 579 g/mol. The van der Waals surface area contributed by atoms with E-state index in [1.54, 1.807) is 18.0 Å². The van der Waals surface area contributed by atoms with Gasteiger partial charge in [-0.05, 0) is 69.1 Å². The number of likely N-dealkylation sites (N-methyl/N-ethyl adjacent to an activating group) is 1. The van der Waals surface area contributed by atoms with E-state index in [4.69, 9.17) is 11.6 Å². The maximum absolute atomic E-state index is 13.9. The van der Waals surface area contributed by atoms with Crippen LogP contribution in [0.2, 0.25) is 5.02 Å². The van der Waals surface area contributed by atoms with E-state index in [1.807, 2.05) is 26.0 Å². The first-order valence-corrected chi connectivity index (χ1v) is 14.0. The largest absolute Gasteiger partial charge is 0.430 e. The standard InChI is InChI=1S/C30H37ClF3N3O3/c1-20(2)36(4)26(38)24-11-10-23(18-25(24)31)37-16-13-28(14-17-37)19-22(28)12-15-35(3)27(39)29(40,30(32,33)34)21-8-6-5-7-9-21/h5-11,18,20,22,40H,12-17,19H2,1-4H3. The molecule has 2 unspecified atom stereocenters. The zero-order chi connectivity index (χ0) is 29.5. The SMILES string of the molecule is CC(C)N(C)C(=O)c1ccc(N2CCC3(CC2)CC3CCN(C)C(=O)C(O)(c2ccccc2)C(F)(F)F)cc1Cl. The summed E-state index contributed by atoms with van der Waals surface area (Å²) in [5.41, 5.74) is -2.51. The molecule has 1 saturated carbocycles. The van der Waals surface area contributed by atoms with E-state index in [1.165, 1.54) is 25.2 Å². The summed E-state index contributed by atoms with van der Waals surface area (Å²) in [6, 6.07) is 12.1. The van der Waals surface area contributed by atoms with Crippen molar-refractivity contribution in [1.82, 2.24) is 9.80 Å². The fraction of sp³-hybridized carbons (Fsp3) is 0.533. The average Bonchev–Trinajstić information content (AvgIpc) is 3.61. The van der Waals surface area contributed by atoms with Crippen LogP contribution in [0.3, 0.4) is 0 Å². The number of carbonyl (C=O) groups is 2. The molecule has 1 aliphatic heterocycles. The summed E-state index contributed by atoms with van der Waals surface area (Å²) in [6.07, 6.45) is -1.73. The number of rotatable bonds is 8. The number of anilines is 1. The molecule has 40 heavy (non-hydrogen) atoms. The molecule has 218 valence electrons. The van der Waals surface area contributed by atoms with Gasteiger partial charge >= 0.3 is 6.18 Å². The van der Waals surface area contributed by atoms with Crippen LogP contribution < -0.4 is 4.90 Å². The van der Waals surface area contributed by atoms with E-state index in [0.717, 1.165) is 55.1 Å². The first-order valence-electron chi connectivity index (χ1n) is 13.6. The molecule has 2 aromatic rings. The highest BCUT2D eigenvalue weighted by Crippen LogP contribution is 2.61. The van der Waals surface area contributed by atoms with Gasteiger partial charge in [-0.3, -0.25) is 9.59 Å². The molecule has 2 atom stereocenters. The molecule has 1 N–H and O–H groups in total. The molecule has 4 rings (SSSR count). The normalized spacial score (nSPS) is 19.9. The lowest BCUT2D eigenvalue weighted by Crippen LogP contribution is -2.55. The fourth-order valence-corrected chi connectivity index (χ4v) is 6.03. The minimum atomic E-state index is -5.15. The maximum Gasteiger partial charge on any atom is 0.430 e. The maximum atomic E-state index is 13.9. The Balaban J connectivity index is 1.33. The Morgan fingerprint density at radius 3 is 2.27 bits per heavy atom. The van der Waals surface area contributed by atoms with E-state index in [9.17, 15) is 27.9 Å². The topological polar surface area (TPSA) is 64.1 Å². The summed E-state index contributed by atoms with van der Waals surface area (Å²) >= 11 is 6.48. The number of carbonyl (C=O) groups excluding carboxylic acids is 2. The van der Waals surface area contributed by atoms with E-state index in [2.05, 4.69) is 4.90 Å². The van der Waals surface area contributed by atoms with Gasteiger partial charge in [-0.1, -0.05) is 41.9 Å². The average molecular weight is 580 g/mol. The van der Waals surface area contributed by atoms with Gasteiger partial charge in [-0.2, -0.15) is 13.2 Å². The lowest BCUT2D eigenvalue weighted by molar-refractivity contribution is -0.261. The summed E-state index contributed by atoms with van der Waals surface area (Å²) in [7, 11) is 3.07. The fourth-order valence-electron chi connectivity index (χ4n) is 5.78. The third-order valence-corrected chi connectivity index (χ3v) is 9.14. The zero-order valence-electron chi connectivity index (χ0n) is 23.3. The van der Waals surface area contributed by atoms with Crippen molar-refractivity contribution in [3.8, 4) is 0 Å². The third-order valence-electron chi connectivity index (χ3n) is 8.83. The Kier molecular flexibility index (Phi) is 8.48. The Morgan fingerprint density at radius 1 is 1.10 bits per heavy atom. The Bertz CT molecular complexity index is 1230. The second-order valence-electron chi connectivity index (χ2n) is 11.5. The molecule has 0 aromatic heterocycles. The van der Waals surface area contributed by atoms with Crippen molar-refractivity contribution in [3.05, 3.63) is 64.7 Å². The van der Waals surface area contributed by atoms with Gasteiger partial charge in [0.1, 0.15) is 0 Å². The smallest absolute Gasteiger partial charge is 0.371 e. The number of hydrogen-bond donors (Lipinski definition) is 1. The van der Waals surface area contributed by atoms with Gasteiger partial charge in [-0.15, -0.1) is 0 Å². The summed E-state index contributed by atoms with van der Waals surface area (Å²) in [6.45, 7) is 5.64. The number of alkyl halides is 3. The highest BCUT2D eigenvalue weighted by Gasteiger charge is 2.62. The molecule has 2 fully saturated rings. The quantitative estimate of drug-likeness (QED) is 0.434. The second-order valence-corrected chi connectivity index (χ2v) is 11.9. The molecule has 0 bridgehead atoms. The van der Waals surface area contributed by atoms with Crippen LogP contribution in [0.25, 0.3) is 0 Å². The molecule has 10 heteroatoms. The lowest BCUT2D eigenvalue weighted by Gasteiger charge is -2.35. The second kappa shape index (κ2) is 11.2. The number of nitrogens with zero attached hydrogens (tertiary/aromatic N) is 3. The van der Waals surface area contributed by atoms with Gasteiger partial charge in [-0.25, -0.2) is 0 Å². The molecule has 2 aromatic carbocycles. The van der Waals surface area contributed by atoms with Crippen LogP contribution in [-0.4, -0.2) is 72.7 Å². The van der Waals surface area contributed by atoms with Crippen molar-refractivity contribution in [3.63, 3.8) is 0 Å². The van der Waals surface area contributed by atoms with Crippen LogP contribution in [-0.2, 0) is 10.4 Å². The first-order chi connectivity index (χ1) is 18.7. The van der Waals surface area contributed by atoms with Crippen molar-refractivity contribution < 1.29 is 27.9 Å². The van der Waals surface area contributed by atoms with Gasteiger partial charge in [0.2, 0.25) is 0 Å². The molecule has 1 saturated heterocycles. The van der Waals surface area contributed by atoms with Crippen molar-refractivity contribution in [2.24, 2.45) is 11.3 Å². The third kappa shape index (κ3) is 5.68. The molecule has 6 nitrogen and oxygen atoms in total. The zero-order valence-corrected chi connectivity index (χ0v) is 24.1. The van der Waals surface area contributed by atoms with E-state index < -0.39 is 23.2 Å². The molecule has 2 amide bonds. The Hall–Kier alpha value is -2.78. The lowest BCUT2D eigenvalue weighted by atomic mass is 9.89. The van der Waals surface area contributed by atoms with Crippen molar-refractivity contribution >= 4 is 29.1 Å². The van der Waals surface area contributed by atoms with Crippen LogP contribution in [0.15, 0.2) is 48.5 Å². The predicted molar refractivity (Wildman–Crippen MR) is 149 cm³/mol. The number of amides is 2. The van der Waals surface area contributed by atoms with E-state index in [0.29, 0.717) is 22.9 Å². The number of hydrogen-bond acceptors (Lipinski definition) is 4. The van der Waals surface area contributed by atoms with Crippen LogP contribution in [0.1, 0.15) is 55.5 Å². The molecule has 0 radical (unpaired) electrons. The van der Waals surface area contributed by atoms with Crippen molar-refractivity contribution in [1.29, 1.82) is 0 Å². The highest BCUT2D eigenvalue weighted by atomic mass is 35.5. The number of benzene rings is 2. The van der Waals surface area contributed by atoms with Crippen LogP contribution in [0.4, 0.5) is 18.9 Å². The molecule has 1 heterocycles. The van der Waals surface area contributed by atoms with Crippen molar-refractivity contribution in [2.45, 2.75) is 57.3 Å². The van der Waals surface area contributed by atoms with Gasteiger partial charge in [0.15, 0.2) is 0 Å². The number of halogens is 4. The van der Waals surface area contributed by atoms with Crippen LogP contribution in [0.5, 0.6) is 0 Å². The molecular formula is C30H37ClF3N3O3. The number of piperidine rings is 1. The van der Waals surface area contributed by atoms with E-state index >= 15 is 0 Å². The molecule has 1 spiro atoms. The Morgan fingerprint density at radius 2 is 1.73 bits per heavy atom. The van der Waals surface area contributed by atoms with Crippen LogP contribution in [0, 0.1) is 11.3 Å². The first kappa shape index (κ1) is 30.2. The molecular weight excluding hydrogens is 543 g/mol. The van der Waals surface area contributed by atoms with Gasteiger partial charge in [0.25, 0.3) is 17.4 Å². The minimum Gasteiger partial charge on any atom is -0.371 e. The summed E-state index contributed by atoms with van der Waals surface area (Å²) < 4.78 is 41.7. The summed E-state index contributed by atoms with van der Waals surface area (Å²) in [5, 5.41) is 11.0. The van der Waals surface area contributed by atoms with Crippen LogP contribution >= 0.6 is 11.6 Å². The van der Waals surface area contributed by atoms with Gasteiger partial charge < -0.3 is 19.8 Å². The molecule has 2 aliphatic rings. The van der Waals surface area contributed by atoms with Gasteiger partial charge in [0.05, 0.1) is 10.6 Å². The predicted octanol–water partition coefficient (Wildman–Crippen LogP) is 5.73. The molecule has 1 aliphatic carbocycles. The summed E-state index contributed by atoms with van der Waals surface area (Å²) in [5.74, 6) is -1.17. The number of aliphatic hydroxyl groups is 1. The minimum absolute atomic E-state index is 0.0607. The van der Waals surface area contributed by atoms with E-state index in [-0.39, 0.29) is 23.9 Å². The highest BCUT2D eigenvalue weighted by molar-refractivity contribution is 6.34. The van der Waals surface area contributed by atoms with Crippen molar-refractivity contribution in [2.75, 3.05) is 38.6 Å².